The van der Waals surface area contributed by atoms with E-state index in [9.17, 15) is 10.1 Å². The zero-order valence-corrected chi connectivity index (χ0v) is 12.8. The lowest BCUT2D eigenvalue weighted by Gasteiger charge is -2.08. The number of ether oxygens (including phenoxy) is 1. The molecule has 0 aliphatic heterocycles. The Hall–Kier alpha value is -2.22. The fraction of sp³-hybridized carbons (Fsp3) is 0.231. The molecule has 0 saturated carbocycles. The van der Waals surface area contributed by atoms with Crippen LogP contribution in [0.4, 0.5) is 11.5 Å². The molecule has 1 N–H and O–H groups in total. The molecule has 2 aromatic rings. The maximum atomic E-state index is 11.3. The maximum Gasteiger partial charge on any atom is 0.373 e. The minimum atomic E-state index is -0.550. The predicted octanol–water partition coefficient (Wildman–Crippen LogP) is 3.76. The van der Waals surface area contributed by atoms with Crippen LogP contribution in [0.5, 0.6) is 11.6 Å². The van der Waals surface area contributed by atoms with Crippen LogP contribution in [0.1, 0.15) is 13.3 Å². The van der Waals surface area contributed by atoms with Crippen molar-refractivity contribution in [3.63, 3.8) is 0 Å². The van der Waals surface area contributed by atoms with Gasteiger partial charge in [-0.15, -0.1) is 0 Å². The van der Waals surface area contributed by atoms with Gasteiger partial charge in [0.2, 0.25) is 5.82 Å². The zero-order chi connectivity index (χ0) is 15.2. The smallest absolute Gasteiger partial charge is 0.373 e. The van der Waals surface area contributed by atoms with E-state index in [1.54, 1.807) is 18.2 Å². The van der Waals surface area contributed by atoms with Crippen LogP contribution in [0.15, 0.2) is 35.1 Å². The van der Waals surface area contributed by atoms with E-state index in [4.69, 9.17) is 4.74 Å². The Balaban J connectivity index is 2.36. The molecular weight excluding hydrogens is 340 g/mol. The van der Waals surface area contributed by atoms with Gasteiger partial charge < -0.3 is 10.1 Å². The summed E-state index contributed by atoms with van der Waals surface area (Å²) < 4.78 is 6.32. The van der Waals surface area contributed by atoms with Crippen molar-refractivity contribution >= 4 is 27.4 Å². The number of anilines is 1. The first-order chi connectivity index (χ1) is 10.1. The number of halogens is 1. The molecule has 110 valence electrons. The summed E-state index contributed by atoms with van der Waals surface area (Å²) in [7, 11) is 0. The second kappa shape index (κ2) is 6.98. The van der Waals surface area contributed by atoms with Gasteiger partial charge in [0.1, 0.15) is 12.1 Å². The average molecular weight is 353 g/mol. The predicted molar refractivity (Wildman–Crippen MR) is 81.7 cm³/mol. The van der Waals surface area contributed by atoms with E-state index in [1.165, 1.54) is 6.33 Å². The lowest BCUT2D eigenvalue weighted by Crippen LogP contribution is -2.07. The average Bonchev–Trinajstić information content (AvgIpc) is 2.45. The van der Waals surface area contributed by atoms with Gasteiger partial charge in [0, 0.05) is 11.0 Å². The third-order valence-electron chi connectivity index (χ3n) is 2.52. The van der Waals surface area contributed by atoms with Crippen LogP contribution in [0.3, 0.4) is 0 Å². The van der Waals surface area contributed by atoms with Crippen molar-refractivity contribution in [3.8, 4) is 11.6 Å². The van der Waals surface area contributed by atoms with Crippen molar-refractivity contribution < 1.29 is 9.66 Å². The normalized spacial score (nSPS) is 10.2. The summed E-state index contributed by atoms with van der Waals surface area (Å²) in [6.07, 6.45) is 2.06. The van der Waals surface area contributed by atoms with E-state index < -0.39 is 4.92 Å². The molecule has 2 rings (SSSR count). The Morgan fingerprint density at radius 3 is 2.90 bits per heavy atom. The quantitative estimate of drug-likeness (QED) is 0.628. The van der Waals surface area contributed by atoms with Gasteiger partial charge in [0.05, 0.1) is 4.92 Å². The Morgan fingerprint density at radius 1 is 1.43 bits per heavy atom. The van der Waals surface area contributed by atoms with E-state index >= 15 is 0 Å². The van der Waals surface area contributed by atoms with Gasteiger partial charge in [0.25, 0.3) is 0 Å². The van der Waals surface area contributed by atoms with E-state index in [-0.39, 0.29) is 17.4 Å². The largest absolute Gasteiger partial charge is 0.434 e. The molecule has 0 unspecified atom stereocenters. The standard InChI is InChI=1S/C13H13BrN4O3/c1-2-6-15-12-11(18(19)20)13(17-8-16-12)21-10-5-3-4-9(14)7-10/h3-5,7-8H,2,6H2,1H3,(H,15,16,17). The van der Waals surface area contributed by atoms with Gasteiger partial charge in [-0.05, 0) is 24.6 Å². The highest BCUT2D eigenvalue weighted by molar-refractivity contribution is 9.10. The molecule has 0 atom stereocenters. The number of nitro groups is 1. The highest BCUT2D eigenvalue weighted by Crippen LogP contribution is 2.34. The fourth-order valence-electron chi connectivity index (χ4n) is 1.62. The van der Waals surface area contributed by atoms with Crippen molar-refractivity contribution in [1.29, 1.82) is 0 Å². The van der Waals surface area contributed by atoms with Crippen molar-refractivity contribution in [1.82, 2.24) is 9.97 Å². The molecule has 0 spiro atoms. The maximum absolute atomic E-state index is 11.3. The Labute approximate surface area is 129 Å². The summed E-state index contributed by atoms with van der Waals surface area (Å²) in [6.45, 7) is 2.53. The molecule has 0 aliphatic rings. The van der Waals surface area contributed by atoms with Gasteiger partial charge in [-0.1, -0.05) is 28.9 Å². The molecule has 1 heterocycles. The van der Waals surface area contributed by atoms with E-state index in [0.29, 0.717) is 12.3 Å². The third kappa shape index (κ3) is 3.88. The Kier molecular flexibility index (Phi) is 5.04. The number of nitrogens with one attached hydrogen (secondary N) is 1. The second-order valence-corrected chi connectivity index (χ2v) is 5.04. The number of rotatable bonds is 6. The van der Waals surface area contributed by atoms with Crippen molar-refractivity contribution in [2.24, 2.45) is 0 Å². The van der Waals surface area contributed by atoms with Gasteiger partial charge >= 0.3 is 11.6 Å². The van der Waals surface area contributed by atoms with Gasteiger partial charge in [-0.3, -0.25) is 10.1 Å². The SMILES string of the molecule is CCCNc1ncnc(Oc2cccc(Br)c2)c1[N+](=O)[O-]. The van der Waals surface area contributed by atoms with Crippen molar-refractivity contribution in [2.75, 3.05) is 11.9 Å². The first kappa shape index (κ1) is 15.2. The number of hydrogen-bond donors (Lipinski definition) is 1. The molecule has 7 nitrogen and oxygen atoms in total. The van der Waals surface area contributed by atoms with Gasteiger partial charge in [-0.25, -0.2) is 4.98 Å². The summed E-state index contributed by atoms with van der Waals surface area (Å²) >= 11 is 3.31. The number of aromatic nitrogens is 2. The Morgan fingerprint density at radius 2 is 2.24 bits per heavy atom. The Bertz CT molecular complexity index is 651. The van der Waals surface area contributed by atoms with E-state index in [1.807, 2.05) is 13.0 Å². The second-order valence-electron chi connectivity index (χ2n) is 4.12. The zero-order valence-electron chi connectivity index (χ0n) is 11.2. The molecule has 0 saturated heterocycles. The number of hydrogen-bond acceptors (Lipinski definition) is 6. The third-order valence-corrected chi connectivity index (χ3v) is 3.02. The minimum absolute atomic E-state index is 0.0910. The van der Waals surface area contributed by atoms with Crippen LogP contribution < -0.4 is 10.1 Å². The van der Waals surface area contributed by atoms with E-state index in [2.05, 4.69) is 31.2 Å². The highest BCUT2D eigenvalue weighted by Gasteiger charge is 2.24. The number of benzene rings is 1. The highest BCUT2D eigenvalue weighted by atomic mass is 79.9. The molecule has 0 radical (unpaired) electrons. The van der Waals surface area contributed by atoms with Crippen LogP contribution in [-0.4, -0.2) is 21.4 Å². The van der Waals surface area contributed by atoms with Crippen LogP contribution in [-0.2, 0) is 0 Å². The fourth-order valence-corrected chi connectivity index (χ4v) is 1.99. The molecule has 0 bridgehead atoms. The van der Waals surface area contributed by atoms with Crippen molar-refractivity contribution in [2.45, 2.75) is 13.3 Å². The van der Waals surface area contributed by atoms with Crippen LogP contribution in [0, 0.1) is 10.1 Å². The first-order valence-corrected chi connectivity index (χ1v) is 7.07. The van der Waals surface area contributed by atoms with E-state index in [0.717, 1.165) is 10.9 Å². The lowest BCUT2D eigenvalue weighted by molar-refractivity contribution is -0.385. The van der Waals surface area contributed by atoms with Crippen LogP contribution in [0.2, 0.25) is 0 Å². The topological polar surface area (TPSA) is 90.2 Å². The molecule has 1 aromatic heterocycles. The summed E-state index contributed by atoms with van der Waals surface area (Å²) in [5.41, 5.74) is -0.272. The molecule has 0 fully saturated rings. The van der Waals surface area contributed by atoms with Crippen molar-refractivity contribution in [3.05, 3.63) is 45.2 Å². The van der Waals surface area contributed by atoms with Crippen LogP contribution in [0.25, 0.3) is 0 Å². The molecular formula is C13H13BrN4O3. The lowest BCUT2D eigenvalue weighted by atomic mass is 10.3. The molecule has 0 amide bonds. The molecule has 8 heteroatoms. The van der Waals surface area contributed by atoms with Gasteiger partial charge in [0.15, 0.2) is 0 Å². The van der Waals surface area contributed by atoms with Gasteiger partial charge in [-0.2, -0.15) is 4.98 Å². The molecule has 0 aliphatic carbocycles. The minimum Gasteiger partial charge on any atom is -0.434 e. The molecule has 21 heavy (non-hydrogen) atoms. The van der Waals surface area contributed by atoms with Crippen LogP contribution >= 0.6 is 15.9 Å². The summed E-state index contributed by atoms with van der Waals surface area (Å²) in [5.74, 6) is 0.515. The summed E-state index contributed by atoms with van der Waals surface area (Å²) in [6, 6.07) is 6.99. The summed E-state index contributed by atoms with van der Waals surface area (Å²) in [5, 5.41) is 14.2. The number of nitrogens with zero attached hydrogens (tertiary/aromatic N) is 3. The molecule has 1 aromatic carbocycles. The first-order valence-electron chi connectivity index (χ1n) is 6.28. The summed E-state index contributed by atoms with van der Waals surface area (Å²) in [4.78, 5) is 18.5. The monoisotopic (exact) mass is 352 g/mol.